The van der Waals surface area contributed by atoms with Gasteiger partial charge >= 0.3 is 0 Å². The normalized spacial score (nSPS) is 13.7. The van der Waals surface area contributed by atoms with Gasteiger partial charge < -0.3 is 10.6 Å². The van der Waals surface area contributed by atoms with Crippen LogP contribution in [0.1, 0.15) is 35.7 Å². The summed E-state index contributed by atoms with van der Waals surface area (Å²) in [5.41, 5.74) is 2.91. The van der Waals surface area contributed by atoms with Crippen molar-refractivity contribution in [3.05, 3.63) is 63.9 Å². The maximum Gasteiger partial charge on any atom is 0.283 e. The minimum Gasteiger partial charge on any atom is -0.349 e. The Morgan fingerprint density at radius 3 is 2.86 bits per heavy atom. The molecule has 29 heavy (non-hydrogen) atoms. The maximum absolute atomic E-state index is 12.9. The molecule has 0 unspecified atom stereocenters. The molecule has 2 aromatic carbocycles. The summed E-state index contributed by atoms with van der Waals surface area (Å²) in [7, 11) is 0. The zero-order valence-electron chi connectivity index (χ0n) is 15.8. The molecule has 5 rings (SSSR count). The quantitative estimate of drug-likeness (QED) is 0.531. The Labute approximate surface area is 170 Å². The average molecular weight is 405 g/mol. The number of anilines is 2. The van der Waals surface area contributed by atoms with Crippen LogP contribution in [0.15, 0.2) is 47.3 Å². The first-order chi connectivity index (χ1) is 14.1. The molecule has 2 heterocycles. The van der Waals surface area contributed by atoms with Crippen LogP contribution in [0, 0.1) is 0 Å². The molecule has 1 amide bonds. The molecule has 146 valence electrons. The van der Waals surface area contributed by atoms with Gasteiger partial charge in [-0.3, -0.25) is 9.59 Å². The van der Waals surface area contributed by atoms with Gasteiger partial charge in [0, 0.05) is 17.3 Å². The molecule has 0 aliphatic heterocycles. The van der Waals surface area contributed by atoms with Crippen molar-refractivity contribution >= 4 is 43.9 Å². The first-order valence-electron chi connectivity index (χ1n) is 9.62. The van der Waals surface area contributed by atoms with Gasteiger partial charge in [-0.1, -0.05) is 36.5 Å². The van der Waals surface area contributed by atoms with E-state index in [0.29, 0.717) is 26.6 Å². The van der Waals surface area contributed by atoms with Crippen molar-refractivity contribution in [2.24, 2.45) is 0 Å². The fraction of sp³-hybridized carbons (Fsp3) is 0.238. The summed E-state index contributed by atoms with van der Waals surface area (Å²) in [5, 5.41) is 11.7. The molecular weight excluding hydrogens is 386 g/mol. The summed E-state index contributed by atoms with van der Waals surface area (Å²) >= 11 is 1.30. The Morgan fingerprint density at radius 2 is 2.07 bits per heavy atom. The minimum atomic E-state index is -0.243. The molecule has 1 aliphatic rings. The van der Waals surface area contributed by atoms with Crippen molar-refractivity contribution in [3.63, 3.8) is 0 Å². The van der Waals surface area contributed by atoms with E-state index in [2.05, 4.69) is 33.7 Å². The van der Waals surface area contributed by atoms with Crippen LogP contribution in [0.2, 0.25) is 0 Å². The van der Waals surface area contributed by atoms with E-state index in [0.717, 1.165) is 24.9 Å². The second-order valence-electron chi connectivity index (χ2n) is 7.13. The molecule has 2 aromatic heterocycles. The maximum atomic E-state index is 12.9. The van der Waals surface area contributed by atoms with E-state index in [1.54, 1.807) is 18.2 Å². The van der Waals surface area contributed by atoms with Crippen molar-refractivity contribution in [2.45, 2.75) is 32.2 Å². The lowest BCUT2D eigenvalue weighted by Crippen LogP contribution is -2.25. The summed E-state index contributed by atoms with van der Waals surface area (Å²) in [6, 6.07) is 13.3. The van der Waals surface area contributed by atoms with E-state index in [-0.39, 0.29) is 17.5 Å². The highest BCUT2D eigenvalue weighted by Crippen LogP contribution is 2.26. The second kappa shape index (κ2) is 6.97. The Morgan fingerprint density at radius 1 is 1.24 bits per heavy atom. The van der Waals surface area contributed by atoms with Gasteiger partial charge in [0.2, 0.25) is 10.1 Å². The first-order valence-corrected chi connectivity index (χ1v) is 10.4. The summed E-state index contributed by atoms with van der Waals surface area (Å²) in [6.45, 7) is 2.09. The summed E-state index contributed by atoms with van der Waals surface area (Å²) in [5.74, 6) is -0.126. The molecule has 7 nitrogen and oxygen atoms in total. The number of nitrogens with zero attached hydrogens (tertiary/aromatic N) is 3. The lowest BCUT2D eigenvalue weighted by atomic mass is 10.1. The molecule has 2 N–H and O–H groups in total. The van der Waals surface area contributed by atoms with Gasteiger partial charge in [-0.05, 0) is 49.1 Å². The van der Waals surface area contributed by atoms with Crippen molar-refractivity contribution < 1.29 is 4.79 Å². The number of aryl methyl sites for hydroxylation is 1. The van der Waals surface area contributed by atoms with Crippen LogP contribution in [-0.2, 0) is 6.42 Å². The van der Waals surface area contributed by atoms with E-state index < -0.39 is 0 Å². The molecule has 0 saturated heterocycles. The average Bonchev–Trinajstić information content (AvgIpc) is 3.45. The molecule has 8 heteroatoms. The molecule has 1 fully saturated rings. The lowest BCUT2D eigenvalue weighted by Gasteiger charge is -2.06. The molecule has 0 bridgehead atoms. The van der Waals surface area contributed by atoms with E-state index in [1.165, 1.54) is 21.4 Å². The van der Waals surface area contributed by atoms with Crippen LogP contribution < -0.4 is 16.2 Å². The second-order valence-corrected chi connectivity index (χ2v) is 8.09. The van der Waals surface area contributed by atoms with E-state index in [1.807, 2.05) is 18.2 Å². The van der Waals surface area contributed by atoms with E-state index in [9.17, 15) is 9.59 Å². The highest BCUT2D eigenvalue weighted by atomic mass is 32.1. The fourth-order valence-electron chi connectivity index (χ4n) is 3.26. The van der Waals surface area contributed by atoms with Crippen molar-refractivity contribution in [3.8, 4) is 0 Å². The standard InChI is InChI=1S/C21H19N5O2S/c1-2-12-5-3-4-6-16(12)23-20-25-26-19(28)15-10-7-13(18(27)22-14-8-9-14)11-17(15)24-21(26)29-20/h3-7,10-11,14H,2,8-9H2,1H3,(H,22,27)(H,23,25). The number of benzene rings is 2. The molecular formula is C21H19N5O2S. The highest BCUT2D eigenvalue weighted by Gasteiger charge is 2.24. The first kappa shape index (κ1) is 17.8. The number of carbonyl (C=O) groups excluding carboxylic acids is 1. The summed E-state index contributed by atoms with van der Waals surface area (Å²) < 4.78 is 1.31. The van der Waals surface area contributed by atoms with Gasteiger partial charge in [0.25, 0.3) is 11.5 Å². The molecule has 1 aliphatic carbocycles. The van der Waals surface area contributed by atoms with Gasteiger partial charge in [0.15, 0.2) is 0 Å². The molecule has 1 saturated carbocycles. The number of hydrogen-bond donors (Lipinski definition) is 2. The van der Waals surface area contributed by atoms with Crippen LogP contribution >= 0.6 is 11.3 Å². The third-order valence-corrected chi connectivity index (χ3v) is 5.84. The number of carbonyl (C=O) groups is 1. The molecule has 4 aromatic rings. The van der Waals surface area contributed by atoms with Crippen LogP contribution in [0.5, 0.6) is 0 Å². The van der Waals surface area contributed by atoms with Gasteiger partial charge in [-0.2, -0.15) is 4.52 Å². The van der Waals surface area contributed by atoms with E-state index in [4.69, 9.17) is 0 Å². The number of hydrogen-bond acceptors (Lipinski definition) is 6. The van der Waals surface area contributed by atoms with Crippen molar-refractivity contribution in [2.75, 3.05) is 5.32 Å². The number of amides is 1. The Hall–Kier alpha value is -3.26. The Bertz CT molecular complexity index is 1310. The zero-order valence-corrected chi connectivity index (χ0v) is 16.6. The van der Waals surface area contributed by atoms with E-state index >= 15 is 0 Å². The fourth-order valence-corrected chi connectivity index (χ4v) is 4.07. The van der Waals surface area contributed by atoms with Gasteiger partial charge in [0.1, 0.15) is 0 Å². The molecule has 0 atom stereocenters. The monoisotopic (exact) mass is 405 g/mol. The largest absolute Gasteiger partial charge is 0.349 e. The zero-order chi connectivity index (χ0) is 20.0. The third-order valence-electron chi connectivity index (χ3n) is 5.01. The smallest absolute Gasteiger partial charge is 0.283 e. The summed E-state index contributed by atoms with van der Waals surface area (Å²) in [6.07, 6.45) is 2.94. The molecule has 0 radical (unpaired) electrons. The number of para-hydroxylation sites is 1. The van der Waals surface area contributed by atoms with Crippen molar-refractivity contribution in [1.82, 2.24) is 19.9 Å². The highest BCUT2D eigenvalue weighted by molar-refractivity contribution is 7.20. The predicted octanol–water partition coefficient (Wildman–Crippen LogP) is 3.50. The van der Waals surface area contributed by atoms with Gasteiger partial charge in [-0.25, -0.2) is 4.98 Å². The topological polar surface area (TPSA) is 88.4 Å². The molecule has 0 spiro atoms. The van der Waals surface area contributed by atoms with Crippen LogP contribution in [0.4, 0.5) is 10.8 Å². The van der Waals surface area contributed by atoms with Crippen LogP contribution in [-0.4, -0.2) is 26.5 Å². The van der Waals surface area contributed by atoms with Crippen molar-refractivity contribution in [1.29, 1.82) is 0 Å². The summed E-state index contributed by atoms with van der Waals surface area (Å²) in [4.78, 5) is 30.3. The minimum absolute atomic E-state index is 0.126. The number of fused-ring (bicyclic) bond motifs is 2. The van der Waals surface area contributed by atoms with Crippen LogP contribution in [0.25, 0.3) is 15.9 Å². The van der Waals surface area contributed by atoms with Gasteiger partial charge in [-0.15, -0.1) is 5.10 Å². The Balaban J connectivity index is 1.54. The van der Waals surface area contributed by atoms with Gasteiger partial charge in [0.05, 0.1) is 10.9 Å². The SMILES string of the molecule is CCc1ccccc1Nc1nn2c(=O)c3ccc(C(=O)NC4CC4)cc3nc2s1. The Kier molecular flexibility index (Phi) is 4.28. The number of rotatable bonds is 5. The third kappa shape index (κ3) is 3.36. The predicted molar refractivity (Wildman–Crippen MR) is 114 cm³/mol. The van der Waals surface area contributed by atoms with Crippen LogP contribution in [0.3, 0.4) is 0 Å². The lowest BCUT2D eigenvalue weighted by molar-refractivity contribution is 0.0951. The number of nitrogens with one attached hydrogen (secondary N) is 2. The number of aromatic nitrogens is 3.